The predicted octanol–water partition coefficient (Wildman–Crippen LogP) is 2.05. The molecule has 0 saturated carbocycles. The van der Waals surface area contributed by atoms with E-state index in [0.717, 1.165) is 10.0 Å². The summed E-state index contributed by atoms with van der Waals surface area (Å²) in [4.78, 5) is 27.1. The number of rotatable bonds is 2. The summed E-state index contributed by atoms with van der Waals surface area (Å²) in [5.74, 6) is -0.143. The van der Waals surface area contributed by atoms with Crippen molar-refractivity contribution in [1.29, 1.82) is 0 Å². The number of likely N-dealkylation sites (N-methyl/N-ethyl adjacent to an activating group) is 1. The molecule has 1 aromatic rings. The van der Waals surface area contributed by atoms with Gasteiger partial charge in [-0.05, 0) is 24.6 Å². The molecule has 0 N–H and O–H groups in total. The Morgan fingerprint density at radius 3 is 2.72 bits per heavy atom. The fourth-order valence-corrected chi connectivity index (χ4v) is 2.43. The van der Waals surface area contributed by atoms with E-state index in [-0.39, 0.29) is 24.4 Å². The van der Waals surface area contributed by atoms with Gasteiger partial charge in [0.2, 0.25) is 5.91 Å². The average molecular weight is 311 g/mol. The van der Waals surface area contributed by atoms with Crippen LogP contribution in [0.4, 0.5) is 0 Å². The molecule has 1 heterocycles. The third-order valence-corrected chi connectivity index (χ3v) is 3.72. The van der Waals surface area contributed by atoms with E-state index in [1.54, 1.807) is 19.0 Å². The van der Waals surface area contributed by atoms with Gasteiger partial charge in [-0.3, -0.25) is 9.59 Å². The molecule has 0 unspecified atom stereocenters. The van der Waals surface area contributed by atoms with Crippen molar-refractivity contribution in [1.82, 2.24) is 9.80 Å². The summed E-state index contributed by atoms with van der Waals surface area (Å²) in [7, 11) is 3.38. The molecule has 0 radical (unpaired) electrons. The number of amides is 2. The van der Waals surface area contributed by atoms with Gasteiger partial charge >= 0.3 is 0 Å². The summed E-state index contributed by atoms with van der Waals surface area (Å²) in [6.07, 6.45) is 0. The lowest BCUT2D eigenvalue weighted by Crippen LogP contribution is -2.38. The van der Waals surface area contributed by atoms with Crippen molar-refractivity contribution in [2.75, 3.05) is 20.6 Å². The van der Waals surface area contributed by atoms with E-state index in [2.05, 4.69) is 15.9 Å². The van der Waals surface area contributed by atoms with E-state index in [1.165, 1.54) is 4.90 Å². The van der Waals surface area contributed by atoms with Crippen LogP contribution in [0.3, 0.4) is 0 Å². The molecule has 0 spiro atoms. The first-order chi connectivity index (χ1) is 8.41. The number of carbonyl (C=O) groups is 2. The van der Waals surface area contributed by atoms with E-state index < -0.39 is 0 Å². The normalized spacial score (nSPS) is 17.9. The smallest absolute Gasteiger partial charge is 0.255 e. The second-order valence-corrected chi connectivity index (χ2v) is 5.54. The Hall–Kier alpha value is -1.36. The highest BCUT2D eigenvalue weighted by atomic mass is 79.9. The first-order valence-electron chi connectivity index (χ1n) is 5.72. The summed E-state index contributed by atoms with van der Waals surface area (Å²) in [6.45, 7) is 2.07. The summed E-state index contributed by atoms with van der Waals surface area (Å²) in [6, 6.07) is 5.61. The van der Waals surface area contributed by atoms with Gasteiger partial charge in [-0.25, -0.2) is 0 Å². The van der Waals surface area contributed by atoms with E-state index in [9.17, 15) is 9.59 Å². The van der Waals surface area contributed by atoms with Crippen molar-refractivity contribution < 1.29 is 9.59 Å². The van der Waals surface area contributed by atoms with Gasteiger partial charge in [0.25, 0.3) is 5.91 Å². The Labute approximate surface area is 115 Å². The lowest BCUT2D eigenvalue weighted by Gasteiger charge is -2.23. The standard InChI is InChI=1S/C13H15BrN2O2/c1-8-10-5-4-9(14)6-11(10)13(18)16(8)7-12(17)15(2)3/h4-6,8H,7H2,1-3H3/t8-/m1/s1. The van der Waals surface area contributed by atoms with Crippen molar-refractivity contribution >= 4 is 27.7 Å². The topological polar surface area (TPSA) is 40.6 Å². The number of nitrogens with zero attached hydrogens (tertiary/aromatic N) is 2. The number of hydrogen-bond acceptors (Lipinski definition) is 2. The minimum atomic E-state index is -0.0750. The molecule has 96 valence electrons. The Morgan fingerprint density at radius 2 is 2.11 bits per heavy atom. The molecule has 4 nitrogen and oxygen atoms in total. The van der Waals surface area contributed by atoms with E-state index in [1.807, 2.05) is 25.1 Å². The monoisotopic (exact) mass is 310 g/mol. The van der Waals surface area contributed by atoms with Gasteiger partial charge in [0.15, 0.2) is 0 Å². The molecular formula is C13H15BrN2O2. The first kappa shape index (κ1) is 13.1. The summed E-state index contributed by atoms with van der Waals surface area (Å²) in [5.41, 5.74) is 1.66. The average Bonchev–Trinajstić information content (AvgIpc) is 2.54. The van der Waals surface area contributed by atoms with Gasteiger partial charge in [-0.1, -0.05) is 22.0 Å². The highest BCUT2D eigenvalue weighted by molar-refractivity contribution is 9.10. The number of carbonyl (C=O) groups excluding carboxylic acids is 2. The van der Waals surface area contributed by atoms with Crippen LogP contribution in [0.15, 0.2) is 22.7 Å². The molecule has 1 aromatic carbocycles. The van der Waals surface area contributed by atoms with Crippen LogP contribution in [0.1, 0.15) is 28.9 Å². The molecule has 1 aliphatic heterocycles. The third-order valence-electron chi connectivity index (χ3n) is 3.23. The number of benzene rings is 1. The lowest BCUT2D eigenvalue weighted by molar-refractivity contribution is -0.129. The van der Waals surface area contributed by atoms with Crippen LogP contribution in [-0.2, 0) is 4.79 Å². The molecule has 0 aliphatic carbocycles. The van der Waals surface area contributed by atoms with Crippen LogP contribution in [0, 0.1) is 0 Å². The zero-order valence-corrected chi connectivity index (χ0v) is 12.2. The maximum Gasteiger partial charge on any atom is 0.255 e. The largest absolute Gasteiger partial charge is 0.347 e. The number of fused-ring (bicyclic) bond motifs is 1. The van der Waals surface area contributed by atoms with Crippen LogP contribution >= 0.6 is 15.9 Å². The Kier molecular flexibility index (Phi) is 3.43. The molecule has 0 fully saturated rings. The number of hydrogen-bond donors (Lipinski definition) is 0. The maximum atomic E-state index is 12.3. The third kappa shape index (κ3) is 2.14. The molecule has 1 atom stereocenters. The Bertz CT molecular complexity index is 514. The molecule has 5 heteroatoms. The van der Waals surface area contributed by atoms with Gasteiger partial charge in [0.05, 0.1) is 6.04 Å². The first-order valence-corrected chi connectivity index (χ1v) is 6.51. The van der Waals surface area contributed by atoms with Crippen molar-refractivity contribution in [2.24, 2.45) is 0 Å². The SMILES string of the molecule is C[C@@H]1c2ccc(Br)cc2C(=O)N1CC(=O)N(C)C. The van der Waals surface area contributed by atoms with Gasteiger partial charge < -0.3 is 9.80 Å². The molecule has 0 aromatic heterocycles. The minimum Gasteiger partial charge on any atom is -0.347 e. The minimum absolute atomic E-state index is 0.0514. The van der Waals surface area contributed by atoms with Crippen molar-refractivity contribution in [3.63, 3.8) is 0 Å². The van der Waals surface area contributed by atoms with E-state index in [0.29, 0.717) is 5.56 Å². The second-order valence-electron chi connectivity index (χ2n) is 4.63. The molecule has 1 aliphatic rings. The van der Waals surface area contributed by atoms with Crippen LogP contribution in [0.25, 0.3) is 0 Å². The van der Waals surface area contributed by atoms with E-state index >= 15 is 0 Å². The van der Waals surface area contributed by atoms with E-state index in [4.69, 9.17) is 0 Å². The summed E-state index contributed by atoms with van der Waals surface area (Å²) >= 11 is 3.36. The van der Waals surface area contributed by atoms with Gasteiger partial charge in [-0.15, -0.1) is 0 Å². The van der Waals surface area contributed by atoms with Crippen molar-refractivity contribution in [3.05, 3.63) is 33.8 Å². The van der Waals surface area contributed by atoms with Crippen LogP contribution in [0.2, 0.25) is 0 Å². The van der Waals surface area contributed by atoms with Gasteiger partial charge in [0, 0.05) is 24.1 Å². The molecular weight excluding hydrogens is 296 g/mol. The quantitative estimate of drug-likeness (QED) is 0.839. The van der Waals surface area contributed by atoms with Crippen LogP contribution in [0.5, 0.6) is 0 Å². The maximum absolute atomic E-state index is 12.3. The predicted molar refractivity (Wildman–Crippen MR) is 72.3 cm³/mol. The summed E-state index contributed by atoms with van der Waals surface area (Å²) < 4.78 is 0.877. The Balaban J connectivity index is 2.28. The Morgan fingerprint density at radius 1 is 1.44 bits per heavy atom. The van der Waals surface area contributed by atoms with Gasteiger partial charge in [-0.2, -0.15) is 0 Å². The molecule has 2 amide bonds. The zero-order chi connectivity index (χ0) is 13.4. The van der Waals surface area contributed by atoms with Crippen molar-refractivity contribution in [2.45, 2.75) is 13.0 Å². The molecule has 0 bridgehead atoms. The van der Waals surface area contributed by atoms with Crippen LogP contribution < -0.4 is 0 Å². The molecule has 2 rings (SSSR count). The zero-order valence-electron chi connectivity index (χ0n) is 10.6. The van der Waals surface area contributed by atoms with Gasteiger partial charge in [0.1, 0.15) is 6.54 Å². The fraction of sp³-hybridized carbons (Fsp3) is 0.385. The highest BCUT2D eigenvalue weighted by Crippen LogP contribution is 2.34. The molecule has 18 heavy (non-hydrogen) atoms. The highest BCUT2D eigenvalue weighted by Gasteiger charge is 2.35. The fourth-order valence-electron chi connectivity index (χ4n) is 2.07. The number of halogens is 1. The lowest BCUT2D eigenvalue weighted by atomic mass is 10.1. The molecule has 0 saturated heterocycles. The van der Waals surface area contributed by atoms with Crippen LogP contribution in [-0.4, -0.2) is 42.3 Å². The second kappa shape index (κ2) is 4.72. The summed E-state index contributed by atoms with van der Waals surface area (Å²) in [5, 5.41) is 0. The van der Waals surface area contributed by atoms with Crippen molar-refractivity contribution in [3.8, 4) is 0 Å².